The number of hydrogen-bond donors (Lipinski definition) is 16. The zero-order valence-corrected chi connectivity index (χ0v) is 67.7. The third-order valence-corrected chi connectivity index (χ3v) is 20.2. The van der Waals surface area contributed by atoms with Gasteiger partial charge in [0.25, 0.3) is 0 Å². The van der Waals surface area contributed by atoms with Crippen LogP contribution in [-0.2, 0) is 287 Å². The van der Waals surface area contributed by atoms with Gasteiger partial charge < -0.3 is 47.4 Å². The lowest BCUT2D eigenvalue weighted by atomic mass is 9.97. The Hall–Kier alpha value is -1.08. The molecule has 7 unspecified atom stereocenters. The van der Waals surface area contributed by atoms with Gasteiger partial charge in [-0.3, -0.25) is 102 Å². The van der Waals surface area contributed by atoms with E-state index in [1.165, 1.54) is 0 Å². The average molecular weight is 2030 g/mol. The van der Waals surface area contributed by atoms with Crippen molar-refractivity contribution in [1.82, 2.24) is 0 Å². The van der Waals surface area contributed by atoms with Gasteiger partial charge in [-0.2, -0.15) is 105 Å². The normalized spacial score (nSPS) is 32.4. The topological polar surface area (TPSA) is 990 Å². The van der Waals surface area contributed by atoms with E-state index >= 15 is 0 Å². The van der Waals surface area contributed by atoms with Crippen LogP contribution >= 0.6 is 0 Å². The van der Waals surface area contributed by atoms with Crippen molar-refractivity contribution in [1.29, 1.82) is 0 Å². The molecule has 4 aliphatic heterocycles. The second-order valence-electron chi connectivity index (χ2n) is 20.8. The summed E-state index contributed by atoms with van der Waals surface area (Å²) < 4.78 is 590. The van der Waals surface area contributed by atoms with Crippen molar-refractivity contribution in [3.05, 3.63) is 0 Å². The molecular formula is C32H58O67S16. The van der Waals surface area contributed by atoms with Gasteiger partial charge in [-0.25, -0.2) is 37.6 Å². The molecule has 0 aromatic carbocycles. The van der Waals surface area contributed by atoms with Crippen LogP contribution in [0.1, 0.15) is 0 Å². The highest BCUT2D eigenvalue weighted by atomic mass is 32.3. The lowest BCUT2D eigenvalue weighted by molar-refractivity contribution is -0.350. The Morgan fingerprint density at radius 2 is 0.565 bits per heavy atom. The lowest BCUT2D eigenvalue weighted by Crippen LogP contribution is -2.67. The predicted octanol–water partition coefficient (Wildman–Crippen LogP) is -11.4. The van der Waals surface area contributed by atoms with Crippen molar-refractivity contribution < 1.29 is 292 Å². The van der Waals surface area contributed by atoms with E-state index in [0.29, 0.717) is 14.2 Å². The molecule has 4 saturated heterocycles. The molecule has 67 nitrogen and oxygen atoms in total. The van der Waals surface area contributed by atoms with E-state index in [1.807, 2.05) is 0 Å². The van der Waals surface area contributed by atoms with E-state index in [9.17, 15) is 178 Å². The van der Waals surface area contributed by atoms with Crippen LogP contribution in [0, 0.1) is 0 Å². The first-order chi connectivity index (χ1) is 52.3. The molecule has 4 rings (SSSR count). The molecule has 0 radical (unpaired) electrons. The Balaban J connectivity index is 1.96. The van der Waals surface area contributed by atoms with E-state index < -0.39 is 360 Å². The summed E-state index contributed by atoms with van der Waals surface area (Å²) in [6.45, 7) is -11.2. The number of hydrogen-bond acceptors (Lipinski definition) is 51. The molecule has 83 heteroatoms. The maximum atomic E-state index is 12.7. The minimum absolute atomic E-state index is 0.460. The monoisotopic (exact) mass is 2030 g/mol. The van der Waals surface area contributed by atoms with Gasteiger partial charge in [-0.15, -0.1) is 0 Å². The van der Waals surface area contributed by atoms with Crippen LogP contribution in [0.15, 0.2) is 0 Å². The van der Waals surface area contributed by atoms with Crippen LogP contribution in [-0.4, -0.2) is 379 Å². The summed E-state index contributed by atoms with van der Waals surface area (Å²) in [4.78, 5) is 0. The minimum atomic E-state index is -6.39. The molecular weight excluding hydrogens is 1970 g/mol. The number of ether oxygens (including phenoxy) is 10. The van der Waals surface area contributed by atoms with Crippen LogP contribution in [0.2, 0.25) is 0 Å². The molecule has 684 valence electrons. The molecule has 0 amide bonds. The first-order valence-electron chi connectivity index (χ1n) is 27.7. The Bertz CT molecular complexity index is 4470. The lowest BCUT2D eigenvalue weighted by Gasteiger charge is -2.48. The van der Waals surface area contributed by atoms with Gasteiger partial charge in [0.2, 0.25) is 0 Å². The van der Waals surface area contributed by atoms with E-state index in [2.05, 4.69) is 54.4 Å². The SMILES string of the molecule is CO[C@@H]([C@H](OC)[C@@H](CO[C@@H]1O[C@H](COS(=O)O)[C@@H](O[C@@H]2O[C@H](COS(=O)O)[C@H](OS(=O)(=O)O)[C@H](OS(=O)(=O)O)[C@H]2OS(=O)(=O)O)[C@H](OS(=O)(=O)O)[C@H]1OS(=O)O)OS(=O)(=O)O)[C@@H](CO[C@@H]1O[C@H](COS(=O)(=O)O)[C@@H](O[C@@H]2O[C@H](COS(=O)(=O)O)[C@H](OS(=O)(=O)O)[C@H](OS(=O)O)[C@H]2OS(=O)O)[C@H](OS(=O)O)[C@H]1OS(=O)(=O)O)OS(=O)O. The van der Waals surface area contributed by atoms with E-state index in [-0.39, 0.29) is 0 Å². The van der Waals surface area contributed by atoms with E-state index in [0.717, 1.165) is 0 Å². The summed E-state index contributed by atoms with van der Waals surface area (Å²) in [5.41, 5.74) is 0. The maximum Gasteiger partial charge on any atom is 0.397 e. The highest BCUT2D eigenvalue weighted by molar-refractivity contribution is 7.83. The van der Waals surface area contributed by atoms with Gasteiger partial charge in [0.05, 0.1) is 39.6 Å². The zero-order chi connectivity index (χ0) is 88.0. The smallest absolute Gasteiger partial charge is 0.376 e. The van der Waals surface area contributed by atoms with E-state index in [1.54, 1.807) is 0 Å². The fourth-order valence-corrected chi connectivity index (χ4v) is 16.6. The molecule has 0 spiro atoms. The summed E-state index contributed by atoms with van der Waals surface area (Å²) in [5, 5.41) is 0. The van der Waals surface area contributed by atoms with Crippen LogP contribution in [0.25, 0.3) is 0 Å². The Morgan fingerprint density at radius 1 is 0.296 bits per heavy atom. The Morgan fingerprint density at radius 3 is 0.922 bits per heavy atom. The second kappa shape index (κ2) is 44.7. The molecule has 16 N–H and O–H groups in total. The molecule has 4 fully saturated rings. The fraction of sp³-hybridized carbons (Fsp3) is 1.00. The Labute approximate surface area is 662 Å². The molecule has 4 aliphatic rings. The molecule has 115 heavy (non-hydrogen) atoms. The maximum absolute atomic E-state index is 12.7. The van der Waals surface area contributed by atoms with Crippen LogP contribution < -0.4 is 0 Å². The van der Waals surface area contributed by atoms with Gasteiger partial charge in [0, 0.05) is 14.2 Å². The molecule has 0 bridgehead atoms. The molecule has 31 atom stereocenters. The highest BCUT2D eigenvalue weighted by Gasteiger charge is 2.61. The summed E-state index contributed by atoms with van der Waals surface area (Å²) in [6, 6.07) is 0. The van der Waals surface area contributed by atoms with Gasteiger partial charge in [-0.05, 0) is 0 Å². The minimum Gasteiger partial charge on any atom is -0.376 e. The van der Waals surface area contributed by atoms with E-state index in [4.69, 9.17) is 59.9 Å². The largest absolute Gasteiger partial charge is 0.397 e. The molecule has 4 heterocycles. The third kappa shape index (κ3) is 38.5. The molecule has 0 aromatic heterocycles. The van der Waals surface area contributed by atoms with Crippen molar-refractivity contribution in [2.75, 3.05) is 53.9 Å². The van der Waals surface area contributed by atoms with Crippen LogP contribution in [0.4, 0.5) is 0 Å². The fourth-order valence-electron chi connectivity index (χ4n) is 10.0. The highest BCUT2D eigenvalue weighted by Crippen LogP contribution is 2.40. The standard InChI is InChI=1S/C32H58O67S16/c1-74-15(13(88-102(37)38)3-76-30-27(98-114(68,69)70)21(89-103(39)40)17(11(83-30)7-80-107(47,48)49)86-31-25(91-105(43)44)22(90-104(41)42)19(94-110(56,57)58)12(85-31)8-81-108(50,51)52)16(75-2)14(93-109(53,54)55)4-77-29-26(92-106(45)46)23(96-112(62,63)64)18(9(82-29)5-78-100(33)34)87-32-28(99-115(71,72)73)24(97-113(65,66)67)20(95-111(59,60)61)10(84-32)6-79-101(35)36/h9-32H,3-8H2,1-2H3,(H,33,34)(H,35,36)(H,37,38)(H,39,40)(H,41,42)(H,43,44)(H,45,46)(H,47,48,49)(H,50,51,52)(H,53,54,55)(H,56,57,58)(H,59,60,61)(H,62,63,64)(H,65,66,67)(H,68,69,70)(H,71,72,73)/t9-,10-,11-,12-,13-,14-,15-,16-,17-,18-,19+,20+,21+,22+,23+,24+,25-,26-,27-,28-,29-,30-,31+,32+/m1/s1. The summed E-state index contributed by atoms with van der Waals surface area (Å²) in [5.74, 6) is 0. The zero-order valence-electron chi connectivity index (χ0n) is 54.6. The van der Waals surface area contributed by atoms with Crippen LogP contribution in [0.5, 0.6) is 0 Å². The second-order valence-corrected chi connectivity index (χ2v) is 34.8. The summed E-state index contributed by atoms with van der Waals surface area (Å²) in [7, 11) is -54.5. The molecule has 0 aromatic rings. The van der Waals surface area contributed by atoms with Gasteiger partial charge in [0.1, 0.15) is 97.7 Å². The van der Waals surface area contributed by atoms with Gasteiger partial charge in [0.15, 0.2) is 49.6 Å². The molecule has 0 aliphatic carbocycles. The first kappa shape index (κ1) is 106. The van der Waals surface area contributed by atoms with Gasteiger partial charge in [-0.1, -0.05) is 0 Å². The average Bonchev–Trinajstić information content (AvgIpc) is 0.763. The summed E-state index contributed by atoms with van der Waals surface area (Å²) >= 11 is -27.0. The first-order valence-corrected chi connectivity index (χ1v) is 47.2. The van der Waals surface area contributed by atoms with Crippen molar-refractivity contribution in [3.8, 4) is 0 Å². The quantitative estimate of drug-likeness (QED) is 0.0199. The van der Waals surface area contributed by atoms with Crippen molar-refractivity contribution in [2.24, 2.45) is 0 Å². The van der Waals surface area contributed by atoms with Gasteiger partial charge >= 0.3 is 173 Å². The van der Waals surface area contributed by atoms with Crippen molar-refractivity contribution in [2.45, 2.75) is 147 Å². The number of methoxy groups -OCH3 is 2. The van der Waals surface area contributed by atoms with Crippen molar-refractivity contribution >= 4 is 173 Å². The Kier molecular flexibility index (Phi) is 41.3. The van der Waals surface area contributed by atoms with Crippen molar-refractivity contribution in [3.63, 3.8) is 0 Å². The third-order valence-electron chi connectivity index (χ3n) is 13.4. The predicted molar refractivity (Wildman–Crippen MR) is 340 cm³/mol. The number of rotatable bonds is 51. The summed E-state index contributed by atoms with van der Waals surface area (Å²) in [6.07, 6.45) is -73.4. The van der Waals surface area contributed by atoms with Crippen LogP contribution in [0.3, 0.4) is 0 Å². The molecule has 0 saturated carbocycles.